The summed E-state index contributed by atoms with van der Waals surface area (Å²) in [4.78, 5) is 5.54. The fourth-order valence-electron chi connectivity index (χ4n) is 4.81. The summed E-state index contributed by atoms with van der Waals surface area (Å²) in [7, 11) is 0. The Morgan fingerprint density at radius 2 is 1.82 bits per heavy atom. The highest BCUT2D eigenvalue weighted by molar-refractivity contribution is 7.09. The van der Waals surface area contributed by atoms with Gasteiger partial charge in [-0.15, -0.1) is 11.3 Å². The summed E-state index contributed by atoms with van der Waals surface area (Å²) < 4.78 is 0. The first-order chi connectivity index (χ1) is 8.38. The Kier molecular flexibility index (Phi) is 2.51. The molecule has 92 valence electrons. The Morgan fingerprint density at radius 1 is 1.12 bits per heavy atom. The largest absolute Gasteiger partial charge is 0.308 e. The Morgan fingerprint density at radius 3 is 2.41 bits per heavy atom. The molecule has 5 rings (SSSR count). The lowest BCUT2D eigenvalue weighted by Gasteiger charge is -2.54. The maximum absolute atomic E-state index is 4.16. The molecular formula is C14H20N2S. The molecule has 0 saturated heterocycles. The molecule has 4 aliphatic carbocycles. The zero-order chi connectivity index (χ0) is 11.2. The number of aromatic nitrogens is 1. The van der Waals surface area contributed by atoms with E-state index in [2.05, 4.69) is 10.3 Å². The lowest BCUT2D eigenvalue weighted by atomic mass is 9.54. The molecule has 0 aliphatic heterocycles. The molecule has 0 atom stereocenters. The van der Waals surface area contributed by atoms with Crippen LogP contribution >= 0.6 is 11.3 Å². The van der Waals surface area contributed by atoms with E-state index in [9.17, 15) is 0 Å². The normalized spacial score (nSPS) is 43.2. The van der Waals surface area contributed by atoms with E-state index in [0.29, 0.717) is 0 Å². The summed E-state index contributed by atoms with van der Waals surface area (Å²) in [6.07, 6.45) is 9.59. The van der Waals surface area contributed by atoms with Crippen LogP contribution in [0.25, 0.3) is 0 Å². The average Bonchev–Trinajstić information content (AvgIpc) is 2.80. The third-order valence-corrected chi connectivity index (χ3v) is 6.00. The van der Waals surface area contributed by atoms with Gasteiger partial charge in [-0.05, 0) is 55.8 Å². The predicted molar refractivity (Wildman–Crippen MR) is 69.8 cm³/mol. The average molecular weight is 248 g/mol. The molecule has 3 heteroatoms. The summed E-state index contributed by atoms with van der Waals surface area (Å²) in [5.41, 5.74) is 1.94. The van der Waals surface area contributed by atoms with Crippen LogP contribution in [0.15, 0.2) is 11.7 Å². The van der Waals surface area contributed by atoms with Crippen LogP contribution in [0.3, 0.4) is 0 Å². The highest BCUT2D eigenvalue weighted by atomic mass is 32.1. The van der Waals surface area contributed by atoms with Gasteiger partial charge in [0.1, 0.15) is 0 Å². The van der Waals surface area contributed by atoms with Crippen LogP contribution in [0, 0.1) is 23.7 Å². The maximum Gasteiger partial charge on any atom is 0.0794 e. The molecule has 1 aromatic rings. The quantitative estimate of drug-likeness (QED) is 0.889. The first-order valence-electron chi connectivity index (χ1n) is 6.99. The molecular weight excluding hydrogens is 228 g/mol. The van der Waals surface area contributed by atoms with Crippen molar-refractivity contribution in [3.63, 3.8) is 0 Å². The van der Waals surface area contributed by atoms with Crippen molar-refractivity contribution in [1.82, 2.24) is 10.3 Å². The molecule has 2 nitrogen and oxygen atoms in total. The van der Waals surface area contributed by atoms with E-state index < -0.39 is 0 Å². The van der Waals surface area contributed by atoms with Crippen LogP contribution < -0.4 is 5.32 Å². The molecule has 0 amide bonds. The van der Waals surface area contributed by atoms with E-state index in [1.165, 1.54) is 30.6 Å². The fraction of sp³-hybridized carbons (Fsp3) is 0.786. The van der Waals surface area contributed by atoms with Crippen molar-refractivity contribution in [2.75, 3.05) is 0 Å². The summed E-state index contributed by atoms with van der Waals surface area (Å²) in [5, 5.41) is 3.84. The minimum atomic E-state index is 0.810. The van der Waals surface area contributed by atoms with Gasteiger partial charge in [0.25, 0.3) is 0 Å². The van der Waals surface area contributed by atoms with E-state index in [1.807, 2.05) is 11.7 Å². The van der Waals surface area contributed by atoms with Crippen molar-refractivity contribution in [1.29, 1.82) is 0 Å². The van der Waals surface area contributed by atoms with Gasteiger partial charge in [-0.3, -0.25) is 4.98 Å². The second-order valence-electron chi connectivity index (χ2n) is 6.31. The molecule has 0 spiro atoms. The van der Waals surface area contributed by atoms with Crippen LogP contribution in [-0.2, 0) is 6.54 Å². The summed E-state index contributed by atoms with van der Waals surface area (Å²) in [5.74, 6) is 4.14. The zero-order valence-corrected chi connectivity index (χ0v) is 11.0. The van der Waals surface area contributed by atoms with Crippen LogP contribution in [0.5, 0.6) is 0 Å². The molecule has 4 saturated carbocycles. The number of hydrogen-bond donors (Lipinski definition) is 1. The third kappa shape index (κ3) is 1.84. The predicted octanol–water partition coefficient (Wildman–Crippen LogP) is 3.06. The second-order valence-corrected chi connectivity index (χ2v) is 7.28. The van der Waals surface area contributed by atoms with Gasteiger partial charge in [0, 0.05) is 23.7 Å². The molecule has 1 N–H and O–H groups in total. The molecule has 0 radical (unpaired) electrons. The van der Waals surface area contributed by atoms with E-state index >= 15 is 0 Å². The van der Waals surface area contributed by atoms with Crippen LogP contribution in [0.4, 0.5) is 0 Å². The van der Waals surface area contributed by atoms with Gasteiger partial charge in [0.2, 0.25) is 0 Å². The van der Waals surface area contributed by atoms with Crippen molar-refractivity contribution < 1.29 is 0 Å². The number of hydrogen-bond acceptors (Lipinski definition) is 3. The van der Waals surface area contributed by atoms with Crippen LogP contribution in [0.2, 0.25) is 0 Å². The molecule has 1 heterocycles. The SMILES string of the molecule is c1ncc(CNC2C3CC4CC(C3)CC2C4)s1. The molecule has 4 bridgehead atoms. The van der Waals surface area contributed by atoms with Gasteiger partial charge >= 0.3 is 0 Å². The fourth-order valence-corrected chi connectivity index (χ4v) is 5.35. The first kappa shape index (κ1) is 10.5. The first-order valence-corrected chi connectivity index (χ1v) is 7.87. The molecule has 17 heavy (non-hydrogen) atoms. The lowest BCUT2D eigenvalue weighted by molar-refractivity contribution is -0.0141. The maximum atomic E-state index is 4.16. The van der Waals surface area contributed by atoms with Gasteiger partial charge in [-0.2, -0.15) is 0 Å². The van der Waals surface area contributed by atoms with Gasteiger partial charge in [0.15, 0.2) is 0 Å². The highest BCUT2D eigenvalue weighted by Crippen LogP contribution is 2.53. The molecule has 4 fully saturated rings. The molecule has 1 aromatic heterocycles. The smallest absolute Gasteiger partial charge is 0.0794 e. The molecule has 0 aromatic carbocycles. The lowest BCUT2D eigenvalue weighted by Crippen LogP contribution is -2.54. The van der Waals surface area contributed by atoms with Crippen LogP contribution in [0.1, 0.15) is 37.0 Å². The van der Waals surface area contributed by atoms with Crippen molar-refractivity contribution in [2.24, 2.45) is 23.7 Å². The Bertz CT molecular complexity index is 359. The summed E-state index contributed by atoms with van der Waals surface area (Å²) in [6.45, 7) is 1.04. The van der Waals surface area contributed by atoms with Gasteiger partial charge in [-0.1, -0.05) is 0 Å². The van der Waals surface area contributed by atoms with Crippen molar-refractivity contribution in [2.45, 2.75) is 44.7 Å². The topological polar surface area (TPSA) is 24.9 Å². The van der Waals surface area contributed by atoms with Crippen molar-refractivity contribution >= 4 is 11.3 Å². The summed E-state index contributed by atoms with van der Waals surface area (Å²) in [6, 6.07) is 0.810. The number of thiazole rings is 1. The standard InChI is InChI=1S/C14H20N2S/c1-9-2-11-4-10(1)5-12(3-9)14(11)16-7-13-6-15-8-17-13/h6,8-12,14,16H,1-5,7H2. The summed E-state index contributed by atoms with van der Waals surface area (Å²) >= 11 is 1.78. The molecule has 4 aliphatic rings. The number of rotatable bonds is 3. The molecule has 0 unspecified atom stereocenters. The Balaban J connectivity index is 1.44. The third-order valence-electron chi connectivity index (χ3n) is 5.22. The minimum Gasteiger partial charge on any atom is -0.308 e. The van der Waals surface area contributed by atoms with E-state index in [1.54, 1.807) is 17.8 Å². The number of nitrogens with one attached hydrogen (secondary N) is 1. The van der Waals surface area contributed by atoms with E-state index in [4.69, 9.17) is 0 Å². The zero-order valence-electron chi connectivity index (χ0n) is 10.1. The second kappa shape index (κ2) is 4.06. The van der Waals surface area contributed by atoms with Crippen molar-refractivity contribution in [3.8, 4) is 0 Å². The van der Waals surface area contributed by atoms with Gasteiger partial charge in [-0.25, -0.2) is 0 Å². The van der Waals surface area contributed by atoms with E-state index in [-0.39, 0.29) is 0 Å². The monoisotopic (exact) mass is 248 g/mol. The van der Waals surface area contributed by atoms with Gasteiger partial charge < -0.3 is 5.32 Å². The highest BCUT2D eigenvalue weighted by Gasteiger charge is 2.47. The van der Waals surface area contributed by atoms with Crippen molar-refractivity contribution in [3.05, 3.63) is 16.6 Å². The van der Waals surface area contributed by atoms with Gasteiger partial charge in [0.05, 0.1) is 5.51 Å². The minimum absolute atomic E-state index is 0.810. The van der Waals surface area contributed by atoms with E-state index in [0.717, 1.165) is 36.3 Å². The Labute approximate surface area is 107 Å². The Hall–Kier alpha value is -0.410. The number of nitrogens with zero attached hydrogens (tertiary/aromatic N) is 1. The van der Waals surface area contributed by atoms with Crippen LogP contribution in [-0.4, -0.2) is 11.0 Å².